The summed E-state index contributed by atoms with van der Waals surface area (Å²) in [4.78, 5) is 3.28. The number of aromatic nitrogens is 4. The van der Waals surface area contributed by atoms with Crippen LogP contribution in [0.5, 0.6) is 0 Å². The molecule has 0 radical (unpaired) electrons. The molecule has 0 bridgehead atoms. The monoisotopic (exact) mass is 392 g/mol. The van der Waals surface area contributed by atoms with E-state index in [0.717, 1.165) is 32.0 Å². The Morgan fingerprint density at radius 2 is 1.48 bits per heavy atom. The molecule has 152 valence electrons. The summed E-state index contributed by atoms with van der Waals surface area (Å²) in [5.41, 5.74) is 2.66. The zero-order valence-electron chi connectivity index (χ0n) is 17.5. The molecule has 1 fully saturated rings. The molecule has 2 aromatic carbocycles. The summed E-state index contributed by atoms with van der Waals surface area (Å²) in [6.45, 7) is 11.1. The first-order valence-corrected chi connectivity index (χ1v) is 10.7. The van der Waals surface area contributed by atoms with Gasteiger partial charge >= 0.3 is 0 Å². The Bertz CT molecular complexity index is 869. The second-order valence-corrected chi connectivity index (χ2v) is 8.47. The molecule has 3 aromatic rings. The molecule has 0 unspecified atom stereocenters. The van der Waals surface area contributed by atoms with Gasteiger partial charge in [-0.2, -0.15) is 0 Å². The van der Waals surface area contributed by atoms with E-state index in [9.17, 15) is 0 Å². The van der Waals surface area contributed by atoms with E-state index in [-0.39, 0.29) is 0 Å². The zero-order chi connectivity index (χ0) is 20.1. The predicted octanol–water partition coefficient (Wildman–Crippen LogP) is 0.402. The van der Waals surface area contributed by atoms with E-state index in [4.69, 9.17) is 0 Å². The average Bonchev–Trinajstić information content (AvgIpc) is 3.18. The summed E-state index contributed by atoms with van der Waals surface area (Å²) in [5.74, 6) is 1.51. The van der Waals surface area contributed by atoms with Crippen LogP contribution in [-0.4, -0.2) is 46.4 Å². The van der Waals surface area contributed by atoms with Gasteiger partial charge in [0.25, 0.3) is 0 Å². The van der Waals surface area contributed by atoms with Gasteiger partial charge in [-0.15, -0.1) is 5.10 Å². The first-order valence-electron chi connectivity index (χ1n) is 10.7. The zero-order valence-corrected chi connectivity index (χ0v) is 17.5. The lowest BCUT2D eigenvalue weighted by atomic mass is 10.0. The Morgan fingerprint density at radius 1 is 0.862 bits per heavy atom. The maximum atomic E-state index is 4.47. The Labute approximate surface area is 173 Å². The van der Waals surface area contributed by atoms with Gasteiger partial charge in [0.05, 0.1) is 6.54 Å². The van der Waals surface area contributed by atoms with E-state index >= 15 is 0 Å². The highest BCUT2D eigenvalue weighted by atomic mass is 15.6. The van der Waals surface area contributed by atoms with Gasteiger partial charge in [-0.3, -0.25) is 0 Å². The van der Waals surface area contributed by atoms with E-state index in [1.807, 2.05) is 10.7 Å². The van der Waals surface area contributed by atoms with Crippen LogP contribution < -0.4 is 9.80 Å². The van der Waals surface area contributed by atoms with Crippen molar-refractivity contribution < 1.29 is 9.80 Å². The molecule has 0 aliphatic carbocycles. The molecule has 0 spiro atoms. The van der Waals surface area contributed by atoms with Crippen LogP contribution in [0, 0.1) is 5.92 Å². The fourth-order valence-corrected chi connectivity index (χ4v) is 4.55. The molecule has 1 aliphatic heterocycles. The van der Waals surface area contributed by atoms with Gasteiger partial charge in [-0.25, -0.2) is 4.68 Å². The molecule has 1 atom stereocenters. The normalized spacial score (nSPS) is 20.7. The molecule has 2 heterocycles. The number of tetrazole rings is 1. The maximum absolute atomic E-state index is 4.47. The Morgan fingerprint density at radius 3 is 2.10 bits per heavy atom. The van der Waals surface area contributed by atoms with Crippen LogP contribution >= 0.6 is 0 Å². The SMILES string of the molecule is CC(C)[C@@H](c1nnnn1Cc1ccccc1)[NH+]1CC[NH+](Cc2ccccc2)CC1. The second kappa shape index (κ2) is 9.29. The summed E-state index contributed by atoms with van der Waals surface area (Å²) in [5, 5.41) is 12.8. The highest BCUT2D eigenvalue weighted by Gasteiger charge is 2.36. The van der Waals surface area contributed by atoms with Gasteiger partial charge in [0.1, 0.15) is 32.7 Å². The minimum Gasteiger partial charge on any atom is -0.322 e. The second-order valence-electron chi connectivity index (χ2n) is 8.47. The van der Waals surface area contributed by atoms with Crippen molar-refractivity contribution in [3.63, 3.8) is 0 Å². The summed E-state index contributed by atoms with van der Waals surface area (Å²) in [7, 11) is 0. The van der Waals surface area contributed by atoms with Gasteiger partial charge in [0.2, 0.25) is 5.82 Å². The lowest BCUT2D eigenvalue weighted by molar-refractivity contribution is -1.03. The van der Waals surface area contributed by atoms with Crippen LogP contribution in [-0.2, 0) is 13.1 Å². The van der Waals surface area contributed by atoms with Crippen LogP contribution in [0.1, 0.15) is 36.8 Å². The lowest BCUT2D eigenvalue weighted by Gasteiger charge is -2.35. The average molecular weight is 393 g/mol. The summed E-state index contributed by atoms with van der Waals surface area (Å²) < 4.78 is 2.00. The molecule has 2 N–H and O–H groups in total. The first kappa shape index (κ1) is 19.7. The van der Waals surface area contributed by atoms with Crippen LogP contribution in [0.15, 0.2) is 60.7 Å². The molecular formula is C23H32N6+2. The van der Waals surface area contributed by atoms with Crippen molar-refractivity contribution in [2.24, 2.45) is 5.92 Å². The van der Waals surface area contributed by atoms with Crippen LogP contribution in [0.2, 0.25) is 0 Å². The molecule has 0 saturated carbocycles. The molecule has 4 rings (SSSR count). The van der Waals surface area contributed by atoms with E-state index < -0.39 is 0 Å². The van der Waals surface area contributed by atoms with Crippen molar-refractivity contribution in [3.8, 4) is 0 Å². The molecular weight excluding hydrogens is 360 g/mol. The minimum absolute atomic E-state index is 0.326. The Hall–Kier alpha value is -2.57. The van der Waals surface area contributed by atoms with E-state index in [2.05, 4.69) is 84.0 Å². The highest BCUT2D eigenvalue weighted by molar-refractivity contribution is 5.15. The molecule has 1 aliphatic rings. The molecule has 0 amide bonds. The highest BCUT2D eigenvalue weighted by Crippen LogP contribution is 2.17. The Kier molecular flexibility index (Phi) is 6.32. The maximum Gasteiger partial charge on any atom is 0.209 e. The largest absolute Gasteiger partial charge is 0.322 e. The van der Waals surface area contributed by atoms with E-state index in [1.165, 1.54) is 24.2 Å². The summed E-state index contributed by atoms with van der Waals surface area (Å²) >= 11 is 0. The van der Waals surface area contributed by atoms with E-state index in [1.54, 1.807) is 9.80 Å². The summed E-state index contributed by atoms with van der Waals surface area (Å²) in [6.07, 6.45) is 0. The number of benzene rings is 2. The summed E-state index contributed by atoms with van der Waals surface area (Å²) in [6, 6.07) is 21.6. The van der Waals surface area contributed by atoms with Crippen LogP contribution in [0.25, 0.3) is 0 Å². The smallest absolute Gasteiger partial charge is 0.209 e. The first-order chi connectivity index (χ1) is 14.2. The Balaban J connectivity index is 1.43. The van der Waals surface area contributed by atoms with Gasteiger partial charge < -0.3 is 9.80 Å². The number of nitrogens with zero attached hydrogens (tertiary/aromatic N) is 4. The molecule has 1 aromatic heterocycles. The fourth-order valence-electron chi connectivity index (χ4n) is 4.55. The van der Waals surface area contributed by atoms with Crippen molar-refractivity contribution in [3.05, 3.63) is 77.6 Å². The van der Waals surface area contributed by atoms with E-state index in [0.29, 0.717) is 12.0 Å². The van der Waals surface area contributed by atoms with Crippen molar-refractivity contribution in [1.29, 1.82) is 0 Å². The fraction of sp³-hybridized carbons (Fsp3) is 0.435. The van der Waals surface area contributed by atoms with Gasteiger partial charge in [-0.1, -0.05) is 74.5 Å². The third kappa shape index (κ3) is 4.89. The quantitative estimate of drug-likeness (QED) is 0.612. The van der Waals surface area contributed by atoms with Crippen LogP contribution in [0.3, 0.4) is 0 Å². The predicted molar refractivity (Wildman–Crippen MR) is 112 cm³/mol. The minimum atomic E-state index is 0.326. The number of hydrogen-bond acceptors (Lipinski definition) is 3. The molecule has 6 heteroatoms. The molecule has 29 heavy (non-hydrogen) atoms. The van der Waals surface area contributed by atoms with Crippen molar-refractivity contribution in [1.82, 2.24) is 20.2 Å². The van der Waals surface area contributed by atoms with Crippen molar-refractivity contribution in [2.75, 3.05) is 26.2 Å². The number of nitrogens with one attached hydrogen (secondary N) is 2. The lowest BCUT2D eigenvalue weighted by Crippen LogP contribution is -3.27. The van der Waals surface area contributed by atoms with Crippen LogP contribution in [0.4, 0.5) is 0 Å². The van der Waals surface area contributed by atoms with Crippen molar-refractivity contribution >= 4 is 0 Å². The van der Waals surface area contributed by atoms with Crippen molar-refractivity contribution in [2.45, 2.75) is 33.0 Å². The number of quaternary nitrogens is 2. The van der Waals surface area contributed by atoms with Gasteiger partial charge in [-0.05, 0) is 16.0 Å². The number of hydrogen-bond donors (Lipinski definition) is 2. The number of rotatable bonds is 7. The molecule has 6 nitrogen and oxygen atoms in total. The topological polar surface area (TPSA) is 52.5 Å². The third-order valence-electron chi connectivity index (χ3n) is 6.02. The standard InChI is InChI=1S/C23H30N6/c1-19(2)22(23-24-25-26-29(23)18-21-11-7-4-8-12-21)28-15-13-27(14-16-28)17-20-9-5-3-6-10-20/h3-12,19,22H,13-18H2,1-2H3/p+2/t22-/m0/s1. The molecule has 1 saturated heterocycles. The number of piperazine rings is 1. The van der Waals surface area contributed by atoms with Gasteiger partial charge in [0.15, 0.2) is 6.04 Å². The third-order valence-corrected chi connectivity index (χ3v) is 6.02. The van der Waals surface area contributed by atoms with Gasteiger partial charge in [0, 0.05) is 11.5 Å².